The number of nitrogens with two attached hydrogens (primary N) is 1. The fraction of sp³-hybridized carbons (Fsp3) is 0.588. The molecule has 0 saturated carbocycles. The number of hydrogen-bond acceptors (Lipinski definition) is 3. The fourth-order valence-electron chi connectivity index (χ4n) is 3.22. The van der Waals surface area contributed by atoms with E-state index >= 15 is 0 Å². The Morgan fingerprint density at radius 1 is 1.30 bits per heavy atom. The van der Waals surface area contributed by atoms with Gasteiger partial charge in [0.25, 0.3) is 5.91 Å². The lowest BCUT2D eigenvalue weighted by Crippen LogP contribution is -2.50. The maximum atomic E-state index is 12.6. The molecule has 0 aliphatic carbocycles. The third kappa shape index (κ3) is 5.35. The molecule has 1 amide bonds. The second kappa shape index (κ2) is 10.1. The van der Waals surface area contributed by atoms with Crippen LogP contribution in [0.5, 0.6) is 0 Å². The van der Waals surface area contributed by atoms with Gasteiger partial charge in [-0.1, -0.05) is 26.0 Å². The number of piperidine rings is 1. The van der Waals surface area contributed by atoms with Gasteiger partial charge in [-0.15, -0.1) is 24.8 Å². The van der Waals surface area contributed by atoms with Crippen molar-refractivity contribution in [3.8, 4) is 0 Å². The van der Waals surface area contributed by atoms with Crippen LogP contribution >= 0.6 is 24.8 Å². The SMILES string of the molecule is CCN1CCC(N(C)C(=O)c2ccc(CN)cc2)C(C)C1.Cl.Cl. The van der Waals surface area contributed by atoms with Gasteiger partial charge in [-0.2, -0.15) is 0 Å². The van der Waals surface area contributed by atoms with Crippen LogP contribution in [0.15, 0.2) is 24.3 Å². The molecule has 6 heteroatoms. The van der Waals surface area contributed by atoms with Gasteiger partial charge in [0.05, 0.1) is 0 Å². The minimum Gasteiger partial charge on any atom is -0.338 e. The molecule has 1 fully saturated rings. The summed E-state index contributed by atoms with van der Waals surface area (Å²) in [5.41, 5.74) is 7.40. The van der Waals surface area contributed by atoms with E-state index in [1.807, 2.05) is 36.2 Å². The van der Waals surface area contributed by atoms with Crippen molar-refractivity contribution in [3.05, 3.63) is 35.4 Å². The van der Waals surface area contributed by atoms with Crippen LogP contribution < -0.4 is 5.73 Å². The van der Waals surface area contributed by atoms with Gasteiger partial charge in [0.1, 0.15) is 0 Å². The lowest BCUT2D eigenvalue weighted by atomic mass is 9.92. The first kappa shape index (κ1) is 22.2. The molecular formula is C17H29Cl2N3O. The van der Waals surface area contributed by atoms with Crippen molar-refractivity contribution >= 4 is 30.7 Å². The van der Waals surface area contributed by atoms with E-state index < -0.39 is 0 Å². The largest absolute Gasteiger partial charge is 0.338 e. The molecule has 0 aromatic heterocycles. The summed E-state index contributed by atoms with van der Waals surface area (Å²) in [4.78, 5) is 17.0. The summed E-state index contributed by atoms with van der Waals surface area (Å²) in [6.45, 7) is 8.20. The van der Waals surface area contributed by atoms with Crippen LogP contribution in [0.25, 0.3) is 0 Å². The zero-order valence-electron chi connectivity index (χ0n) is 14.2. The number of nitrogens with zero attached hydrogens (tertiary/aromatic N) is 2. The zero-order chi connectivity index (χ0) is 15.4. The highest BCUT2D eigenvalue weighted by Gasteiger charge is 2.30. The Balaban J connectivity index is 0.00000242. The molecule has 0 radical (unpaired) electrons. The first-order chi connectivity index (χ1) is 10.1. The lowest BCUT2D eigenvalue weighted by Gasteiger charge is -2.41. The number of likely N-dealkylation sites (tertiary alicyclic amines) is 1. The van der Waals surface area contributed by atoms with Gasteiger partial charge in [0.15, 0.2) is 0 Å². The van der Waals surface area contributed by atoms with Gasteiger partial charge in [-0.05, 0) is 36.6 Å². The fourth-order valence-corrected chi connectivity index (χ4v) is 3.22. The number of halogens is 2. The molecule has 1 aromatic carbocycles. The van der Waals surface area contributed by atoms with Gasteiger partial charge in [0.2, 0.25) is 0 Å². The van der Waals surface area contributed by atoms with Crippen molar-refractivity contribution in [1.82, 2.24) is 9.80 Å². The molecule has 0 spiro atoms. The van der Waals surface area contributed by atoms with Crippen LogP contribution in [-0.2, 0) is 6.54 Å². The highest BCUT2D eigenvalue weighted by Crippen LogP contribution is 2.22. The van der Waals surface area contributed by atoms with E-state index in [-0.39, 0.29) is 30.7 Å². The number of rotatable bonds is 4. The molecule has 132 valence electrons. The molecule has 1 saturated heterocycles. The molecule has 2 atom stereocenters. The van der Waals surface area contributed by atoms with E-state index in [9.17, 15) is 4.79 Å². The molecule has 1 aliphatic heterocycles. The normalized spacial score (nSPS) is 21.0. The van der Waals surface area contributed by atoms with Crippen LogP contribution in [0.4, 0.5) is 0 Å². The second-order valence-corrected chi connectivity index (χ2v) is 6.04. The molecule has 23 heavy (non-hydrogen) atoms. The molecule has 0 bridgehead atoms. The van der Waals surface area contributed by atoms with E-state index in [1.54, 1.807) is 0 Å². The van der Waals surface area contributed by atoms with Crippen molar-refractivity contribution in [2.24, 2.45) is 11.7 Å². The second-order valence-electron chi connectivity index (χ2n) is 6.04. The van der Waals surface area contributed by atoms with E-state index in [1.165, 1.54) is 0 Å². The third-order valence-electron chi connectivity index (χ3n) is 4.65. The van der Waals surface area contributed by atoms with Gasteiger partial charge >= 0.3 is 0 Å². The van der Waals surface area contributed by atoms with Crippen LogP contribution in [0.2, 0.25) is 0 Å². The lowest BCUT2D eigenvalue weighted by molar-refractivity contribution is 0.0520. The van der Waals surface area contributed by atoms with Crippen molar-refractivity contribution in [3.63, 3.8) is 0 Å². The number of hydrogen-bond donors (Lipinski definition) is 1. The minimum absolute atomic E-state index is 0. The Hall–Kier alpha value is -0.810. The summed E-state index contributed by atoms with van der Waals surface area (Å²) in [5.74, 6) is 0.622. The van der Waals surface area contributed by atoms with Crippen LogP contribution in [0, 0.1) is 5.92 Å². The predicted octanol–water partition coefficient (Wildman–Crippen LogP) is 2.79. The van der Waals surface area contributed by atoms with E-state index in [0.717, 1.165) is 37.2 Å². The average molecular weight is 362 g/mol. The maximum absolute atomic E-state index is 12.6. The summed E-state index contributed by atoms with van der Waals surface area (Å²) < 4.78 is 0. The number of carbonyl (C=O) groups is 1. The molecule has 1 aromatic rings. The van der Waals surface area contributed by atoms with Crippen LogP contribution in [0.3, 0.4) is 0 Å². The smallest absolute Gasteiger partial charge is 0.253 e. The molecule has 2 rings (SSSR count). The Labute approximate surface area is 152 Å². The van der Waals surface area contributed by atoms with Gasteiger partial charge in [-0.3, -0.25) is 4.79 Å². The maximum Gasteiger partial charge on any atom is 0.253 e. The van der Waals surface area contributed by atoms with Crippen LogP contribution in [-0.4, -0.2) is 48.4 Å². The summed E-state index contributed by atoms with van der Waals surface area (Å²) in [6.07, 6.45) is 1.05. The average Bonchev–Trinajstić information content (AvgIpc) is 2.53. The van der Waals surface area contributed by atoms with E-state index in [0.29, 0.717) is 18.5 Å². The number of carbonyl (C=O) groups excluding carboxylic acids is 1. The summed E-state index contributed by atoms with van der Waals surface area (Å²) in [5, 5.41) is 0. The van der Waals surface area contributed by atoms with Gasteiger partial charge in [0, 0.05) is 38.3 Å². The standard InChI is InChI=1S/C17H27N3O.2ClH/c1-4-20-10-9-16(13(2)12-20)19(3)17(21)15-7-5-14(11-18)6-8-15;;/h5-8,13,16H,4,9-12,18H2,1-3H3;2*1H. The quantitative estimate of drug-likeness (QED) is 0.896. The summed E-state index contributed by atoms with van der Waals surface area (Å²) >= 11 is 0. The van der Waals surface area contributed by atoms with Crippen molar-refractivity contribution in [1.29, 1.82) is 0 Å². The predicted molar refractivity (Wildman–Crippen MR) is 101 cm³/mol. The number of benzene rings is 1. The molecule has 1 heterocycles. The first-order valence-electron chi connectivity index (χ1n) is 7.85. The van der Waals surface area contributed by atoms with Gasteiger partial charge < -0.3 is 15.5 Å². The topological polar surface area (TPSA) is 49.6 Å². The minimum atomic E-state index is 0. The third-order valence-corrected chi connectivity index (χ3v) is 4.65. The van der Waals surface area contributed by atoms with E-state index in [4.69, 9.17) is 5.73 Å². The van der Waals surface area contributed by atoms with Crippen molar-refractivity contribution in [2.75, 3.05) is 26.7 Å². The molecule has 1 aliphatic rings. The van der Waals surface area contributed by atoms with E-state index in [2.05, 4.69) is 18.7 Å². The van der Waals surface area contributed by atoms with Crippen molar-refractivity contribution < 1.29 is 4.79 Å². The number of amides is 1. The van der Waals surface area contributed by atoms with Crippen molar-refractivity contribution in [2.45, 2.75) is 32.9 Å². The molecule has 4 nitrogen and oxygen atoms in total. The van der Waals surface area contributed by atoms with Gasteiger partial charge in [-0.25, -0.2) is 0 Å². The Kier molecular flexibility index (Phi) is 9.78. The summed E-state index contributed by atoms with van der Waals surface area (Å²) in [6, 6.07) is 7.96. The van der Waals surface area contributed by atoms with Crippen LogP contribution in [0.1, 0.15) is 36.2 Å². The highest BCUT2D eigenvalue weighted by atomic mass is 35.5. The first-order valence-corrected chi connectivity index (χ1v) is 7.85. The molecule has 2 unspecified atom stereocenters. The molecule has 2 N–H and O–H groups in total. The molecular weight excluding hydrogens is 333 g/mol. The Morgan fingerprint density at radius 2 is 1.91 bits per heavy atom. The highest BCUT2D eigenvalue weighted by molar-refractivity contribution is 5.94. The Morgan fingerprint density at radius 3 is 2.39 bits per heavy atom. The Bertz CT molecular complexity index is 481. The monoisotopic (exact) mass is 361 g/mol. The summed E-state index contributed by atoms with van der Waals surface area (Å²) in [7, 11) is 1.93. The zero-order valence-corrected chi connectivity index (χ0v) is 15.8.